The zero-order valence-corrected chi connectivity index (χ0v) is 19.7. The van der Waals surface area contributed by atoms with Crippen LogP contribution in [-0.2, 0) is 12.8 Å². The normalized spacial score (nSPS) is 16.8. The van der Waals surface area contributed by atoms with Crippen molar-refractivity contribution in [2.24, 2.45) is 0 Å². The summed E-state index contributed by atoms with van der Waals surface area (Å²) in [5.74, 6) is -3.66. The van der Waals surface area contributed by atoms with Crippen LogP contribution < -0.4 is 15.5 Å². The van der Waals surface area contributed by atoms with Gasteiger partial charge in [-0.1, -0.05) is 6.07 Å². The molecule has 1 fully saturated rings. The molecule has 0 saturated carbocycles. The summed E-state index contributed by atoms with van der Waals surface area (Å²) >= 11 is 0. The number of anilines is 2. The van der Waals surface area contributed by atoms with Crippen LogP contribution in [0.15, 0.2) is 36.5 Å². The van der Waals surface area contributed by atoms with E-state index in [9.17, 15) is 22.8 Å². The van der Waals surface area contributed by atoms with E-state index in [1.54, 1.807) is 6.20 Å². The lowest BCUT2D eigenvalue weighted by atomic mass is 10.0. The maximum absolute atomic E-state index is 14.5. The highest BCUT2D eigenvalue weighted by Gasteiger charge is 2.29. The standard InChI is InChI=1S/C26H24F3N5O3/c27-16-6-2-7-17(28)22(16)23-18(29)9-10-20(32-23)25(35)33-21-12-30-19-8-1-5-15(19)24(21)34-11-3-4-14(13-34)31-26(36)37/h2,6-7,9-10,12,14,31H,1,3-5,8,11,13H2,(H,33,35)(H,36,37). The van der Waals surface area contributed by atoms with Crippen molar-refractivity contribution in [3.63, 3.8) is 0 Å². The summed E-state index contributed by atoms with van der Waals surface area (Å²) in [5, 5.41) is 14.5. The van der Waals surface area contributed by atoms with Crippen LogP contribution in [0.5, 0.6) is 0 Å². The Hall–Kier alpha value is -4.15. The molecule has 1 saturated heterocycles. The fraction of sp³-hybridized carbons (Fsp3) is 0.308. The van der Waals surface area contributed by atoms with Crippen molar-refractivity contribution in [3.8, 4) is 11.3 Å². The molecule has 2 aromatic heterocycles. The Bertz CT molecular complexity index is 1360. The summed E-state index contributed by atoms with van der Waals surface area (Å²) in [6.07, 6.45) is 4.39. The molecular formula is C26H24F3N5O3. The zero-order valence-electron chi connectivity index (χ0n) is 19.7. The molecule has 1 aliphatic heterocycles. The van der Waals surface area contributed by atoms with E-state index in [1.165, 1.54) is 0 Å². The van der Waals surface area contributed by atoms with Crippen molar-refractivity contribution in [2.45, 2.75) is 38.1 Å². The first kappa shape index (κ1) is 24.5. The van der Waals surface area contributed by atoms with Gasteiger partial charge in [0, 0.05) is 24.8 Å². The lowest BCUT2D eigenvalue weighted by Gasteiger charge is -2.36. The van der Waals surface area contributed by atoms with Crippen LogP contribution in [-0.4, -0.2) is 46.2 Å². The Morgan fingerprint density at radius 3 is 2.57 bits per heavy atom. The molecule has 3 N–H and O–H groups in total. The van der Waals surface area contributed by atoms with E-state index in [1.807, 2.05) is 4.90 Å². The molecule has 2 aliphatic rings. The van der Waals surface area contributed by atoms with E-state index in [-0.39, 0.29) is 11.7 Å². The van der Waals surface area contributed by atoms with Crippen LogP contribution in [0, 0.1) is 17.5 Å². The fourth-order valence-electron chi connectivity index (χ4n) is 5.07. The highest BCUT2D eigenvalue weighted by Crippen LogP contribution is 2.38. The predicted molar refractivity (Wildman–Crippen MR) is 130 cm³/mol. The van der Waals surface area contributed by atoms with Crippen LogP contribution in [0.3, 0.4) is 0 Å². The molecule has 1 atom stereocenters. The monoisotopic (exact) mass is 511 g/mol. The molecule has 0 spiro atoms. The third-order valence-corrected chi connectivity index (χ3v) is 6.67. The van der Waals surface area contributed by atoms with Gasteiger partial charge >= 0.3 is 6.09 Å². The van der Waals surface area contributed by atoms with Gasteiger partial charge in [-0.05, 0) is 61.9 Å². The first-order valence-electron chi connectivity index (χ1n) is 12.0. The van der Waals surface area contributed by atoms with Crippen molar-refractivity contribution >= 4 is 23.4 Å². The van der Waals surface area contributed by atoms with Crippen molar-refractivity contribution < 1.29 is 27.9 Å². The number of nitrogens with zero attached hydrogens (tertiary/aromatic N) is 3. The third-order valence-electron chi connectivity index (χ3n) is 6.67. The molecule has 3 aromatic rings. The second kappa shape index (κ2) is 10.1. The van der Waals surface area contributed by atoms with Gasteiger partial charge in [-0.25, -0.2) is 22.9 Å². The van der Waals surface area contributed by atoms with Crippen LogP contribution >= 0.6 is 0 Å². The predicted octanol–water partition coefficient (Wildman–Crippen LogP) is 4.54. The van der Waals surface area contributed by atoms with Crippen molar-refractivity contribution in [1.29, 1.82) is 0 Å². The number of benzene rings is 1. The smallest absolute Gasteiger partial charge is 0.404 e. The van der Waals surface area contributed by atoms with Gasteiger partial charge in [-0.3, -0.25) is 9.78 Å². The van der Waals surface area contributed by atoms with Crippen LogP contribution in [0.4, 0.5) is 29.3 Å². The number of fused-ring (bicyclic) bond motifs is 1. The number of carbonyl (C=O) groups is 2. The van der Waals surface area contributed by atoms with Crippen LogP contribution in [0.25, 0.3) is 11.3 Å². The average molecular weight is 512 g/mol. The number of halogens is 3. The number of hydrogen-bond acceptors (Lipinski definition) is 5. The number of aryl methyl sites for hydroxylation is 1. The Kier molecular flexibility index (Phi) is 6.68. The SMILES string of the molecule is O=C(O)NC1CCCN(c2c(NC(=O)c3ccc(F)c(-c4c(F)cccc4F)n3)cnc3c2CCC3)C1. The summed E-state index contributed by atoms with van der Waals surface area (Å²) in [7, 11) is 0. The Labute approximate surface area is 210 Å². The average Bonchev–Trinajstić information content (AvgIpc) is 3.33. The number of pyridine rings is 2. The lowest BCUT2D eigenvalue weighted by Crippen LogP contribution is -2.48. The second-order valence-electron chi connectivity index (χ2n) is 9.11. The molecule has 5 rings (SSSR count). The summed E-state index contributed by atoms with van der Waals surface area (Å²) in [6, 6.07) is 4.94. The molecule has 37 heavy (non-hydrogen) atoms. The summed E-state index contributed by atoms with van der Waals surface area (Å²) in [5.41, 5.74) is 1.62. The topological polar surface area (TPSA) is 107 Å². The number of carbonyl (C=O) groups excluding carboxylic acids is 1. The molecule has 11 heteroatoms. The number of nitrogens with one attached hydrogen (secondary N) is 2. The number of amides is 2. The molecule has 192 valence electrons. The van der Waals surface area contributed by atoms with E-state index in [2.05, 4.69) is 20.6 Å². The highest BCUT2D eigenvalue weighted by molar-refractivity contribution is 6.05. The molecule has 0 radical (unpaired) electrons. The van der Waals surface area contributed by atoms with Crippen LogP contribution in [0.2, 0.25) is 0 Å². The first-order chi connectivity index (χ1) is 17.8. The molecule has 1 aromatic carbocycles. The molecule has 8 nitrogen and oxygen atoms in total. The number of carboxylic acid groups (broad SMARTS) is 1. The fourth-order valence-corrected chi connectivity index (χ4v) is 5.07. The van der Waals surface area contributed by atoms with Crippen molar-refractivity contribution in [2.75, 3.05) is 23.3 Å². The van der Waals surface area contributed by atoms with Gasteiger partial charge in [-0.15, -0.1) is 0 Å². The van der Waals surface area contributed by atoms with E-state index in [4.69, 9.17) is 5.11 Å². The second-order valence-corrected chi connectivity index (χ2v) is 9.11. The maximum Gasteiger partial charge on any atom is 0.404 e. The van der Waals surface area contributed by atoms with Gasteiger partial charge < -0.3 is 20.6 Å². The van der Waals surface area contributed by atoms with E-state index >= 15 is 0 Å². The number of hydrogen-bond donors (Lipinski definition) is 3. The highest BCUT2D eigenvalue weighted by atomic mass is 19.1. The number of rotatable bonds is 5. The maximum atomic E-state index is 14.5. The third kappa shape index (κ3) is 4.93. The van der Waals surface area contributed by atoms with Crippen LogP contribution in [0.1, 0.15) is 41.0 Å². The first-order valence-corrected chi connectivity index (χ1v) is 12.0. The zero-order chi connectivity index (χ0) is 26.1. The quantitative estimate of drug-likeness (QED) is 0.464. The minimum Gasteiger partial charge on any atom is -0.465 e. The Morgan fingerprint density at radius 1 is 1.03 bits per heavy atom. The Morgan fingerprint density at radius 2 is 1.81 bits per heavy atom. The van der Waals surface area contributed by atoms with Crippen molar-refractivity contribution in [1.82, 2.24) is 15.3 Å². The van der Waals surface area contributed by atoms with Gasteiger partial charge in [-0.2, -0.15) is 0 Å². The van der Waals surface area contributed by atoms with Crippen molar-refractivity contribution in [3.05, 3.63) is 70.9 Å². The van der Waals surface area contributed by atoms with Gasteiger partial charge in [0.05, 0.1) is 23.1 Å². The molecule has 2 amide bonds. The molecule has 1 aliphatic carbocycles. The van der Waals surface area contributed by atoms with Gasteiger partial charge in [0.2, 0.25) is 0 Å². The van der Waals surface area contributed by atoms with E-state index in [0.717, 1.165) is 73.0 Å². The molecular weight excluding hydrogens is 487 g/mol. The summed E-state index contributed by atoms with van der Waals surface area (Å²) in [6.45, 7) is 1.10. The van der Waals surface area contributed by atoms with Gasteiger partial charge in [0.15, 0.2) is 0 Å². The number of aromatic nitrogens is 2. The van der Waals surface area contributed by atoms with Gasteiger partial charge in [0.1, 0.15) is 28.8 Å². The minimum atomic E-state index is -1.09. The minimum absolute atomic E-state index is 0.227. The molecule has 0 bridgehead atoms. The Balaban J connectivity index is 1.48. The number of piperidine rings is 1. The molecule has 3 heterocycles. The van der Waals surface area contributed by atoms with E-state index < -0.39 is 40.7 Å². The largest absolute Gasteiger partial charge is 0.465 e. The summed E-state index contributed by atoms with van der Waals surface area (Å²) < 4.78 is 43.1. The molecule has 1 unspecified atom stereocenters. The summed E-state index contributed by atoms with van der Waals surface area (Å²) in [4.78, 5) is 34.9. The lowest BCUT2D eigenvalue weighted by molar-refractivity contribution is 0.102. The van der Waals surface area contributed by atoms with Gasteiger partial charge in [0.25, 0.3) is 5.91 Å². The van der Waals surface area contributed by atoms with E-state index in [0.29, 0.717) is 25.2 Å².